The van der Waals surface area contributed by atoms with E-state index in [-0.39, 0.29) is 25.5 Å². The van der Waals surface area contributed by atoms with Crippen LogP contribution >= 0.6 is 10.7 Å². The van der Waals surface area contributed by atoms with Crippen LogP contribution in [-0.2, 0) is 51.6 Å². The van der Waals surface area contributed by atoms with Gasteiger partial charge in [0, 0.05) is 30.8 Å². The fourth-order valence-corrected chi connectivity index (χ4v) is 9.89. The third-order valence-corrected chi connectivity index (χ3v) is 14.2. The van der Waals surface area contributed by atoms with Crippen molar-refractivity contribution >= 4 is 49.4 Å². The zero-order chi connectivity index (χ0) is 40.8. The van der Waals surface area contributed by atoms with Gasteiger partial charge in [-0.3, -0.25) is 0 Å². The first kappa shape index (κ1) is 44.5. The molecule has 0 unspecified atom stereocenters. The Balaban J connectivity index is 0.000000220. The molecule has 55 heavy (non-hydrogen) atoms. The van der Waals surface area contributed by atoms with Gasteiger partial charge in [-0.15, -0.1) is 0 Å². The van der Waals surface area contributed by atoms with E-state index in [9.17, 15) is 42.5 Å². The van der Waals surface area contributed by atoms with Gasteiger partial charge >= 0.3 is 0 Å². The average molecular weight is 860 g/mol. The van der Waals surface area contributed by atoms with Crippen molar-refractivity contribution in [3.63, 3.8) is 0 Å². The van der Waals surface area contributed by atoms with Gasteiger partial charge < -0.3 is 5.32 Å². The first-order chi connectivity index (χ1) is 25.6. The standard InChI is InChI=1S/C19H22FNO4S2.C18H20FNO2S.CH3ClO2S/c1-21(26(2,22)23)13-15-6-3-5-14-11-18(9-10-19(14)15)27(24,25)17-8-4-7-16(20)12-17;1-20-12-14-5-2-4-13-10-17(8-9-18(13)14)23(21,22)16-7-3-6-15(19)11-16;1-5(2,3)4/h4,7-12,15H,3,5-6,13H2,1-2H3;3,6-11,14,20H,2,4-5,12H2,1H3;1H3/t15-;14-;/m00./s1. The van der Waals surface area contributed by atoms with Gasteiger partial charge in [0.25, 0.3) is 0 Å². The summed E-state index contributed by atoms with van der Waals surface area (Å²) in [5.41, 5.74) is 4.21. The highest BCUT2D eigenvalue weighted by Crippen LogP contribution is 2.36. The number of sulfone groups is 2. The van der Waals surface area contributed by atoms with Gasteiger partial charge in [0.2, 0.25) is 38.7 Å². The van der Waals surface area contributed by atoms with E-state index >= 15 is 0 Å². The molecule has 0 aromatic heterocycles. The molecule has 0 radical (unpaired) electrons. The van der Waals surface area contributed by atoms with Crippen molar-refractivity contribution in [3.8, 4) is 0 Å². The second kappa shape index (κ2) is 18.3. The number of halogens is 3. The number of nitrogens with one attached hydrogen (secondary N) is 1. The molecule has 0 amide bonds. The van der Waals surface area contributed by atoms with Crippen molar-refractivity contribution in [1.82, 2.24) is 9.62 Å². The van der Waals surface area contributed by atoms with Crippen LogP contribution < -0.4 is 5.32 Å². The van der Waals surface area contributed by atoms with Gasteiger partial charge in [0.15, 0.2) is 0 Å². The maximum atomic E-state index is 13.4. The van der Waals surface area contributed by atoms with E-state index in [1.807, 2.05) is 13.1 Å². The molecule has 0 saturated carbocycles. The van der Waals surface area contributed by atoms with Gasteiger partial charge in [-0.2, -0.15) is 0 Å². The van der Waals surface area contributed by atoms with Crippen LogP contribution in [0.2, 0.25) is 0 Å². The molecule has 4 aromatic carbocycles. The maximum Gasteiger partial charge on any atom is 0.229 e. The average Bonchev–Trinajstić information content (AvgIpc) is 3.11. The minimum atomic E-state index is -3.81. The molecule has 0 heterocycles. The summed E-state index contributed by atoms with van der Waals surface area (Å²) in [6.45, 7) is 1.25. The lowest BCUT2D eigenvalue weighted by molar-refractivity contribution is 0.412. The number of hydrogen-bond donors (Lipinski definition) is 1. The fourth-order valence-electron chi connectivity index (χ4n) is 6.75. The van der Waals surface area contributed by atoms with Crippen molar-refractivity contribution in [2.75, 3.05) is 39.7 Å². The Morgan fingerprint density at radius 2 is 1.05 bits per heavy atom. The Labute approximate surface area is 328 Å². The number of nitrogens with zero attached hydrogens (tertiary/aromatic N) is 1. The summed E-state index contributed by atoms with van der Waals surface area (Å²) >= 11 is 0. The number of fused-ring (bicyclic) bond motifs is 2. The Bertz CT molecular complexity index is 2440. The number of sulfonamides is 1. The minimum absolute atomic E-state index is 0.0000318. The Kier molecular flexibility index (Phi) is 14.8. The maximum absolute atomic E-state index is 13.4. The molecule has 2 atom stereocenters. The zero-order valence-electron chi connectivity index (χ0n) is 30.9. The van der Waals surface area contributed by atoms with Crippen LogP contribution in [-0.4, -0.2) is 77.7 Å². The monoisotopic (exact) mass is 858 g/mol. The lowest BCUT2D eigenvalue weighted by Gasteiger charge is -2.29. The molecule has 17 heteroatoms. The molecular formula is C38H45ClF2N2O8S4. The van der Waals surface area contributed by atoms with Gasteiger partial charge in [-0.25, -0.2) is 46.8 Å². The lowest BCUT2D eigenvalue weighted by Crippen LogP contribution is -2.31. The molecule has 0 fully saturated rings. The van der Waals surface area contributed by atoms with Gasteiger partial charge in [-0.1, -0.05) is 24.3 Å². The number of rotatable bonds is 9. The van der Waals surface area contributed by atoms with Crippen LogP contribution in [0.15, 0.2) is 105 Å². The Hall–Kier alpha value is -3.25. The first-order valence-corrected chi connectivity index (χ1v) is 24.9. The highest BCUT2D eigenvalue weighted by Gasteiger charge is 2.27. The molecule has 300 valence electrons. The van der Waals surface area contributed by atoms with Crippen LogP contribution in [0.4, 0.5) is 8.78 Å². The van der Waals surface area contributed by atoms with Crippen LogP contribution in [0.3, 0.4) is 0 Å². The molecule has 4 aromatic rings. The van der Waals surface area contributed by atoms with Crippen molar-refractivity contribution in [1.29, 1.82) is 0 Å². The molecule has 0 saturated heterocycles. The van der Waals surface area contributed by atoms with Gasteiger partial charge in [0.1, 0.15) is 11.6 Å². The van der Waals surface area contributed by atoms with Crippen LogP contribution in [0.1, 0.15) is 59.8 Å². The van der Waals surface area contributed by atoms with E-state index < -0.39 is 50.4 Å². The van der Waals surface area contributed by atoms with E-state index in [0.717, 1.165) is 80.1 Å². The molecule has 2 aliphatic rings. The summed E-state index contributed by atoms with van der Waals surface area (Å²) in [7, 11) is -5.98. The number of likely N-dealkylation sites (N-methyl/N-ethyl adjacent to an activating group) is 2. The van der Waals surface area contributed by atoms with Crippen LogP contribution in [0.5, 0.6) is 0 Å². The second-order valence-corrected chi connectivity index (χ2v) is 22.6. The summed E-state index contributed by atoms with van der Waals surface area (Å²) < 4.78 is 121. The van der Waals surface area contributed by atoms with Gasteiger partial charge in [-0.05, 0) is 140 Å². The summed E-state index contributed by atoms with van der Waals surface area (Å²) in [6.07, 6.45) is 7.61. The topological polar surface area (TPSA) is 152 Å². The molecule has 0 spiro atoms. The number of benzene rings is 4. The molecule has 0 aliphatic heterocycles. The minimum Gasteiger partial charge on any atom is -0.319 e. The molecule has 2 aliphatic carbocycles. The van der Waals surface area contributed by atoms with E-state index in [1.54, 1.807) is 31.3 Å². The smallest absolute Gasteiger partial charge is 0.229 e. The number of aryl methyl sites for hydroxylation is 2. The normalized spacial score (nSPS) is 17.2. The molecule has 10 nitrogen and oxygen atoms in total. The second-order valence-electron chi connectivity index (χ2n) is 13.6. The first-order valence-electron chi connectivity index (χ1n) is 17.3. The van der Waals surface area contributed by atoms with E-state index in [0.29, 0.717) is 12.5 Å². The summed E-state index contributed by atoms with van der Waals surface area (Å²) in [4.78, 5) is 0.294. The fraction of sp³-hybridized carbons (Fsp3) is 0.368. The van der Waals surface area contributed by atoms with Crippen molar-refractivity contribution < 1.29 is 42.5 Å². The Morgan fingerprint density at radius 1 is 0.655 bits per heavy atom. The van der Waals surface area contributed by atoms with Crippen LogP contribution in [0.25, 0.3) is 0 Å². The van der Waals surface area contributed by atoms with Gasteiger partial charge in [0.05, 0.1) is 32.1 Å². The third kappa shape index (κ3) is 12.1. The SMILES string of the molecule is CN(C[C@@H]1CCCc2cc(S(=O)(=O)c3cccc(F)c3)ccc21)S(C)(=O)=O.CNC[C@@H]1CCCc2cc(S(=O)(=O)c3cccc(F)c3)ccc21.CS(=O)(=O)Cl. The van der Waals surface area contributed by atoms with E-state index in [4.69, 9.17) is 0 Å². The quantitative estimate of drug-likeness (QED) is 0.187. The number of hydrogen-bond acceptors (Lipinski definition) is 9. The highest BCUT2D eigenvalue weighted by atomic mass is 35.7. The predicted octanol–water partition coefficient (Wildman–Crippen LogP) is 6.45. The summed E-state index contributed by atoms with van der Waals surface area (Å²) in [5, 5.41) is 3.20. The Morgan fingerprint density at radius 3 is 1.45 bits per heavy atom. The summed E-state index contributed by atoms with van der Waals surface area (Å²) in [6, 6.07) is 20.4. The predicted molar refractivity (Wildman–Crippen MR) is 210 cm³/mol. The molecule has 0 bridgehead atoms. The zero-order valence-corrected chi connectivity index (χ0v) is 34.9. The lowest BCUT2D eigenvalue weighted by atomic mass is 9.83. The molecule has 6 rings (SSSR count). The van der Waals surface area contributed by atoms with E-state index in [1.165, 1.54) is 58.6 Å². The molecule has 1 N–H and O–H groups in total. The van der Waals surface area contributed by atoms with Crippen molar-refractivity contribution in [2.45, 2.75) is 69.9 Å². The van der Waals surface area contributed by atoms with Crippen molar-refractivity contribution in [2.24, 2.45) is 0 Å². The largest absolute Gasteiger partial charge is 0.319 e. The van der Waals surface area contributed by atoms with Crippen molar-refractivity contribution in [3.05, 3.63) is 119 Å². The summed E-state index contributed by atoms with van der Waals surface area (Å²) in [5.74, 6) is -0.690. The highest BCUT2D eigenvalue weighted by molar-refractivity contribution is 8.13. The van der Waals surface area contributed by atoms with Crippen LogP contribution in [0, 0.1) is 11.6 Å². The van der Waals surface area contributed by atoms with E-state index in [2.05, 4.69) is 16.0 Å². The molecular weight excluding hydrogens is 814 g/mol. The third-order valence-electron chi connectivity index (χ3n) is 9.43.